The fraction of sp³-hybridized carbons (Fsp3) is 0.588. The van der Waals surface area contributed by atoms with Gasteiger partial charge in [0.05, 0.1) is 18.4 Å². The van der Waals surface area contributed by atoms with E-state index in [-0.39, 0.29) is 17.4 Å². The number of carboxylic acid groups (broad SMARTS) is 1. The Morgan fingerprint density at radius 2 is 1.92 bits per heavy atom. The molecule has 0 bridgehead atoms. The molecular weight excluding hydrogens is 349 g/mol. The van der Waals surface area contributed by atoms with Crippen LogP contribution in [0.25, 0.3) is 0 Å². The lowest BCUT2D eigenvalue weighted by molar-refractivity contribution is 0.0691. The molecule has 0 spiro atoms. The molecule has 0 radical (unpaired) electrons. The van der Waals surface area contributed by atoms with Gasteiger partial charge in [0.2, 0.25) is 10.0 Å². The van der Waals surface area contributed by atoms with Crippen molar-refractivity contribution in [3.63, 3.8) is 0 Å². The largest absolute Gasteiger partial charge is 0.493 e. The molecule has 0 aromatic heterocycles. The minimum Gasteiger partial charge on any atom is -0.493 e. The van der Waals surface area contributed by atoms with E-state index in [1.807, 2.05) is 0 Å². The van der Waals surface area contributed by atoms with Crippen LogP contribution in [0.4, 0.5) is 4.39 Å². The highest BCUT2D eigenvalue weighted by Crippen LogP contribution is 2.46. The first-order valence-corrected chi connectivity index (χ1v) is 10.3. The van der Waals surface area contributed by atoms with Gasteiger partial charge in [-0.2, -0.15) is 0 Å². The quantitative estimate of drug-likeness (QED) is 0.830. The molecule has 0 amide bonds. The number of benzene rings is 1. The van der Waals surface area contributed by atoms with Crippen molar-refractivity contribution in [1.82, 2.24) is 4.31 Å². The number of hydrogen-bond donors (Lipinski definition) is 1. The first-order valence-electron chi connectivity index (χ1n) is 8.41. The molecule has 25 heavy (non-hydrogen) atoms. The van der Waals surface area contributed by atoms with Gasteiger partial charge in [-0.05, 0) is 49.7 Å². The molecule has 1 aromatic rings. The molecule has 3 rings (SSSR count). The maximum Gasteiger partial charge on any atom is 0.338 e. The van der Waals surface area contributed by atoms with E-state index in [0.29, 0.717) is 43.9 Å². The van der Waals surface area contributed by atoms with Gasteiger partial charge in [0.25, 0.3) is 0 Å². The van der Waals surface area contributed by atoms with E-state index in [0.717, 1.165) is 12.8 Å². The Bertz CT molecular complexity index is 767. The van der Waals surface area contributed by atoms with Crippen LogP contribution >= 0.6 is 0 Å². The third kappa shape index (κ3) is 4.12. The third-order valence-corrected chi connectivity index (χ3v) is 6.18. The molecule has 2 fully saturated rings. The van der Waals surface area contributed by atoms with Gasteiger partial charge in [0.15, 0.2) is 0 Å². The van der Waals surface area contributed by atoms with Gasteiger partial charge in [0.1, 0.15) is 11.6 Å². The number of ether oxygens (including phenoxy) is 1. The van der Waals surface area contributed by atoms with Crippen LogP contribution in [0.5, 0.6) is 5.75 Å². The van der Waals surface area contributed by atoms with E-state index in [1.54, 1.807) is 0 Å². The van der Waals surface area contributed by atoms with E-state index in [2.05, 4.69) is 0 Å². The van der Waals surface area contributed by atoms with Gasteiger partial charge in [-0.25, -0.2) is 21.9 Å². The summed E-state index contributed by atoms with van der Waals surface area (Å²) in [6.07, 6.45) is 4.27. The highest BCUT2D eigenvalue weighted by Gasteiger charge is 2.33. The van der Waals surface area contributed by atoms with Gasteiger partial charge >= 0.3 is 5.97 Å². The van der Waals surface area contributed by atoms with Crippen molar-refractivity contribution < 1.29 is 27.4 Å². The smallest absolute Gasteiger partial charge is 0.338 e. The van der Waals surface area contributed by atoms with Gasteiger partial charge in [-0.3, -0.25) is 0 Å². The monoisotopic (exact) mass is 371 g/mol. The summed E-state index contributed by atoms with van der Waals surface area (Å²) in [5.41, 5.74) is 0.0455. The number of nitrogens with zero attached hydrogens (tertiary/aromatic N) is 1. The van der Waals surface area contributed by atoms with Crippen LogP contribution in [0.1, 0.15) is 47.5 Å². The number of halogens is 1. The van der Waals surface area contributed by atoms with Crippen molar-refractivity contribution in [3.05, 3.63) is 29.1 Å². The summed E-state index contributed by atoms with van der Waals surface area (Å²) >= 11 is 0. The fourth-order valence-corrected chi connectivity index (χ4v) is 4.11. The van der Waals surface area contributed by atoms with Crippen molar-refractivity contribution in [3.8, 4) is 5.75 Å². The third-order valence-electron chi connectivity index (χ3n) is 4.87. The molecule has 0 unspecified atom stereocenters. The Hall–Kier alpha value is -1.67. The molecule has 1 heterocycles. The average Bonchev–Trinajstić information content (AvgIpc) is 3.36. The van der Waals surface area contributed by atoms with Crippen molar-refractivity contribution in [2.45, 2.75) is 31.6 Å². The second-order valence-electron chi connectivity index (χ2n) is 6.83. The number of carboxylic acids is 1. The van der Waals surface area contributed by atoms with Crippen molar-refractivity contribution >= 4 is 16.0 Å². The highest BCUT2D eigenvalue weighted by atomic mass is 32.2. The molecule has 1 aromatic carbocycles. The Balaban J connectivity index is 1.66. The first-order chi connectivity index (χ1) is 11.8. The summed E-state index contributed by atoms with van der Waals surface area (Å²) in [5, 5.41) is 9.07. The average molecular weight is 371 g/mol. The number of carbonyl (C=O) groups is 1. The fourth-order valence-electron chi connectivity index (χ4n) is 3.23. The zero-order valence-corrected chi connectivity index (χ0v) is 14.9. The summed E-state index contributed by atoms with van der Waals surface area (Å²) in [7, 11) is -3.16. The van der Waals surface area contributed by atoms with Crippen LogP contribution in [0, 0.1) is 11.7 Å². The lowest BCUT2D eigenvalue weighted by atomic mass is 9.99. The van der Waals surface area contributed by atoms with E-state index in [9.17, 15) is 17.6 Å². The van der Waals surface area contributed by atoms with Gasteiger partial charge in [0, 0.05) is 18.7 Å². The number of rotatable bonds is 6. The molecule has 6 nitrogen and oxygen atoms in total. The predicted octanol–water partition coefficient (Wildman–Crippen LogP) is 2.45. The first kappa shape index (κ1) is 18.1. The Morgan fingerprint density at radius 1 is 1.28 bits per heavy atom. The zero-order valence-electron chi connectivity index (χ0n) is 14.1. The molecule has 8 heteroatoms. The van der Waals surface area contributed by atoms with E-state index in [4.69, 9.17) is 9.84 Å². The van der Waals surface area contributed by atoms with Gasteiger partial charge in [-0.15, -0.1) is 0 Å². The molecule has 0 atom stereocenters. The van der Waals surface area contributed by atoms with E-state index < -0.39 is 21.8 Å². The second kappa shape index (κ2) is 6.92. The lowest BCUT2D eigenvalue weighted by Crippen LogP contribution is -2.39. The lowest BCUT2D eigenvalue weighted by Gasteiger charge is -2.30. The van der Waals surface area contributed by atoms with Crippen LogP contribution in [-0.4, -0.2) is 49.8 Å². The van der Waals surface area contributed by atoms with E-state index >= 15 is 0 Å². The summed E-state index contributed by atoms with van der Waals surface area (Å²) in [6.45, 7) is 1.31. The molecule has 1 aliphatic heterocycles. The van der Waals surface area contributed by atoms with Crippen LogP contribution in [-0.2, 0) is 10.0 Å². The molecular formula is C17H22FNO5S. The maximum absolute atomic E-state index is 14.5. The molecule has 2 aliphatic rings. The Kier molecular flexibility index (Phi) is 5.02. The maximum atomic E-state index is 14.5. The Labute approximate surface area is 146 Å². The summed E-state index contributed by atoms with van der Waals surface area (Å²) in [5.74, 6) is -1.33. The molecule has 138 valence electrons. The molecule has 1 aliphatic carbocycles. The van der Waals surface area contributed by atoms with Crippen molar-refractivity contribution in [2.75, 3.05) is 26.0 Å². The Morgan fingerprint density at radius 3 is 2.44 bits per heavy atom. The van der Waals surface area contributed by atoms with Crippen molar-refractivity contribution in [1.29, 1.82) is 0 Å². The molecule has 1 saturated carbocycles. The molecule has 1 saturated heterocycles. The molecule has 1 N–H and O–H groups in total. The second-order valence-corrected chi connectivity index (χ2v) is 8.82. The normalized spacial score (nSPS) is 19.8. The van der Waals surface area contributed by atoms with Gasteiger partial charge < -0.3 is 9.84 Å². The van der Waals surface area contributed by atoms with Gasteiger partial charge in [-0.1, -0.05) is 0 Å². The minimum absolute atomic E-state index is 0.0291. The van der Waals surface area contributed by atoms with Crippen LogP contribution in [0.2, 0.25) is 0 Å². The van der Waals surface area contributed by atoms with Crippen LogP contribution in [0.3, 0.4) is 0 Å². The SMILES string of the molecule is CS(=O)(=O)N1CCC(COc2ccc(C(=O)O)c(F)c2C2CC2)CC1. The topological polar surface area (TPSA) is 83.9 Å². The number of sulfonamides is 1. The predicted molar refractivity (Wildman–Crippen MR) is 90.0 cm³/mol. The zero-order chi connectivity index (χ0) is 18.2. The highest BCUT2D eigenvalue weighted by molar-refractivity contribution is 7.88. The minimum atomic E-state index is -3.16. The summed E-state index contributed by atoms with van der Waals surface area (Å²) < 4.78 is 44.8. The van der Waals surface area contributed by atoms with Crippen LogP contribution < -0.4 is 4.74 Å². The number of hydrogen-bond acceptors (Lipinski definition) is 4. The standard InChI is InChI=1S/C17H22FNO5S/c1-25(22,23)19-8-6-11(7-9-19)10-24-14-5-4-13(17(20)21)16(18)15(14)12-2-3-12/h4-5,11-12H,2-3,6-10H2,1H3,(H,20,21). The number of piperidine rings is 1. The van der Waals surface area contributed by atoms with Crippen molar-refractivity contribution in [2.24, 2.45) is 5.92 Å². The van der Waals surface area contributed by atoms with E-state index in [1.165, 1.54) is 22.7 Å². The summed E-state index contributed by atoms with van der Waals surface area (Å²) in [6, 6.07) is 2.77. The summed E-state index contributed by atoms with van der Waals surface area (Å²) in [4.78, 5) is 11.1. The number of aromatic carboxylic acids is 1. The van der Waals surface area contributed by atoms with Crippen LogP contribution in [0.15, 0.2) is 12.1 Å².